The number of sulfonamides is 1. The average Bonchev–Trinajstić information content (AvgIpc) is 2.80. The van der Waals surface area contributed by atoms with Crippen molar-refractivity contribution in [3.63, 3.8) is 0 Å². The molecule has 9 heteroatoms. The van der Waals surface area contributed by atoms with Gasteiger partial charge in [-0.05, 0) is 24.3 Å². The molecule has 1 aromatic heterocycles. The zero-order chi connectivity index (χ0) is 16.1. The number of amides is 2. The number of likely N-dealkylation sites (N-methyl/N-ethyl adjacent to an activating group) is 1. The van der Waals surface area contributed by atoms with Gasteiger partial charge in [-0.1, -0.05) is 0 Å². The highest BCUT2D eigenvalue weighted by Crippen LogP contribution is 2.30. The molecule has 2 atom stereocenters. The van der Waals surface area contributed by atoms with E-state index in [1.54, 1.807) is 16.8 Å². The highest BCUT2D eigenvalue weighted by Gasteiger charge is 2.41. The number of nitrogens with two attached hydrogens (primary N) is 1. The number of primary sulfonamides is 1. The summed E-state index contributed by atoms with van der Waals surface area (Å²) in [7, 11) is -2.17. The minimum absolute atomic E-state index is 0.00639. The molecule has 3 aliphatic rings. The number of fused-ring (bicyclic) bond motifs is 4. The van der Waals surface area contributed by atoms with E-state index in [1.165, 1.54) is 11.4 Å². The van der Waals surface area contributed by atoms with Crippen molar-refractivity contribution in [3.05, 3.63) is 16.3 Å². The summed E-state index contributed by atoms with van der Waals surface area (Å²) in [5.74, 6) is -0.506. The first-order valence-electron chi connectivity index (χ1n) is 6.95. The predicted molar refractivity (Wildman–Crippen MR) is 80.9 cm³/mol. The second kappa shape index (κ2) is 5.32. The van der Waals surface area contributed by atoms with Crippen LogP contribution in [0.15, 0.2) is 16.3 Å². The molecule has 2 N–H and O–H groups in total. The number of piperidine rings is 1. The Morgan fingerprint density at radius 2 is 2.09 bits per heavy atom. The molecule has 0 saturated carbocycles. The molecule has 7 nitrogen and oxygen atoms in total. The van der Waals surface area contributed by atoms with Gasteiger partial charge < -0.3 is 9.80 Å². The molecule has 3 fully saturated rings. The Morgan fingerprint density at radius 1 is 1.36 bits per heavy atom. The maximum absolute atomic E-state index is 12.7. The fourth-order valence-corrected chi connectivity index (χ4v) is 5.08. The van der Waals surface area contributed by atoms with Gasteiger partial charge in [-0.3, -0.25) is 9.59 Å². The van der Waals surface area contributed by atoms with Gasteiger partial charge >= 0.3 is 0 Å². The van der Waals surface area contributed by atoms with Gasteiger partial charge in [0.2, 0.25) is 15.9 Å². The van der Waals surface area contributed by atoms with Gasteiger partial charge in [-0.2, -0.15) is 0 Å². The summed E-state index contributed by atoms with van der Waals surface area (Å²) in [6.45, 7) is 0.764. The summed E-state index contributed by atoms with van der Waals surface area (Å²) in [6.07, 6.45) is 1.63. The van der Waals surface area contributed by atoms with Crippen LogP contribution in [0.5, 0.6) is 0 Å². The first-order valence-corrected chi connectivity index (χ1v) is 9.38. The normalized spacial score (nSPS) is 25.5. The Hall–Kier alpha value is -1.45. The third kappa shape index (κ3) is 2.53. The van der Waals surface area contributed by atoms with Gasteiger partial charge in [0.1, 0.15) is 9.77 Å². The van der Waals surface area contributed by atoms with Crippen LogP contribution in [0.3, 0.4) is 0 Å². The molecule has 3 saturated heterocycles. The van der Waals surface area contributed by atoms with Crippen LogP contribution in [-0.2, 0) is 14.8 Å². The Balaban J connectivity index is 1.91. The fraction of sp³-hybridized carbons (Fsp3) is 0.538. The summed E-state index contributed by atoms with van der Waals surface area (Å²) in [5, 5.41) is 6.70. The number of hydrogen-bond donors (Lipinski definition) is 1. The molecular weight excluding hydrogens is 326 g/mol. The van der Waals surface area contributed by atoms with Crippen molar-refractivity contribution in [2.75, 3.05) is 20.1 Å². The SMILES string of the molecule is CN1C(=O)[C@H]2CC[C@@H]1CN(C(=O)c1sccc1S(N)(=O)=O)C2. The molecule has 4 heterocycles. The molecule has 4 rings (SSSR count). The molecule has 0 unspecified atom stereocenters. The summed E-state index contributed by atoms with van der Waals surface area (Å²) in [5.41, 5.74) is 0. The Bertz CT molecular complexity index is 727. The molecule has 2 amide bonds. The Labute approximate surface area is 132 Å². The second-order valence-corrected chi connectivity index (χ2v) is 8.19. The molecule has 0 aromatic carbocycles. The van der Waals surface area contributed by atoms with Gasteiger partial charge in [-0.15, -0.1) is 11.3 Å². The van der Waals surface area contributed by atoms with E-state index in [-0.39, 0.29) is 33.5 Å². The van der Waals surface area contributed by atoms with E-state index in [0.29, 0.717) is 13.1 Å². The maximum atomic E-state index is 12.7. The van der Waals surface area contributed by atoms with E-state index in [1.807, 2.05) is 0 Å². The lowest BCUT2D eigenvalue weighted by molar-refractivity contribution is -0.138. The average molecular weight is 343 g/mol. The van der Waals surface area contributed by atoms with Crippen molar-refractivity contribution in [2.24, 2.45) is 11.1 Å². The van der Waals surface area contributed by atoms with Gasteiger partial charge in [-0.25, -0.2) is 13.6 Å². The quantitative estimate of drug-likeness (QED) is 0.822. The first-order chi connectivity index (χ1) is 10.3. The van der Waals surface area contributed by atoms with Crippen molar-refractivity contribution in [1.82, 2.24) is 9.80 Å². The van der Waals surface area contributed by atoms with E-state index < -0.39 is 10.0 Å². The number of carbonyl (C=O) groups excluding carboxylic acids is 2. The van der Waals surface area contributed by atoms with Crippen molar-refractivity contribution < 1.29 is 18.0 Å². The van der Waals surface area contributed by atoms with Crippen LogP contribution in [0.2, 0.25) is 0 Å². The third-order valence-corrected chi connectivity index (χ3v) is 6.37. The molecule has 1 aromatic rings. The lowest BCUT2D eigenvalue weighted by Crippen LogP contribution is -2.45. The van der Waals surface area contributed by atoms with Crippen LogP contribution in [0.4, 0.5) is 0 Å². The van der Waals surface area contributed by atoms with E-state index in [2.05, 4.69) is 0 Å². The Morgan fingerprint density at radius 3 is 2.77 bits per heavy atom. The summed E-state index contributed by atoms with van der Waals surface area (Å²) < 4.78 is 23.1. The molecule has 0 radical (unpaired) electrons. The van der Waals surface area contributed by atoms with Crippen LogP contribution in [0.25, 0.3) is 0 Å². The van der Waals surface area contributed by atoms with Crippen LogP contribution < -0.4 is 5.14 Å². The smallest absolute Gasteiger partial charge is 0.265 e. The molecule has 0 aliphatic carbocycles. The minimum Gasteiger partial charge on any atom is -0.341 e. The van der Waals surface area contributed by atoms with Crippen LogP contribution in [-0.4, -0.2) is 56.2 Å². The fourth-order valence-electron chi connectivity index (χ4n) is 3.14. The van der Waals surface area contributed by atoms with Gasteiger partial charge in [0.15, 0.2) is 0 Å². The standard InChI is InChI=1S/C13H17N3O4S2/c1-15-9-3-2-8(12(15)17)6-16(7-9)13(18)11-10(4-5-21-11)22(14,19)20/h4-5,8-9H,2-3,6-7H2,1H3,(H2,14,19,20)/t8-,9+/m0/s1. The highest BCUT2D eigenvalue weighted by atomic mass is 32.2. The van der Waals surface area contributed by atoms with E-state index in [9.17, 15) is 18.0 Å². The summed E-state index contributed by atoms with van der Waals surface area (Å²) in [6, 6.07) is 1.34. The van der Waals surface area contributed by atoms with Crippen molar-refractivity contribution in [3.8, 4) is 0 Å². The molecule has 3 aliphatic heterocycles. The maximum Gasteiger partial charge on any atom is 0.265 e. The van der Waals surface area contributed by atoms with Gasteiger partial charge in [0.25, 0.3) is 5.91 Å². The Kier molecular flexibility index (Phi) is 3.74. The van der Waals surface area contributed by atoms with Crippen LogP contribution >= 0.6 is 11.3 Å². The van der Waals surface area contributed by atoms with Gasteiger partial charge in [0.05, 0.1) is 5.92 Å². The molecule has 2 bridgehead atoms. The number of hydrogen-bond acceptors (Lipinski definition) is 5. The number of thiophene rings is 1. The number of carbonyl (C=O) groups is 2. The van der Waals surface area contributed by atoms with Crippen LogP contribution in [0.1, 0.15) is 22.5 Å². The zero-order valence-corrected chi connectivity index (χ0v) is 13.7. The van der Waals surface area contributed by atoms with E-state index >= 15 is 0 Å². The lowest BCUT2D eigenvalue weighted by atomic mass is 9.95. The topological polar surface area (TPSA) is 101 Å². The second-order valence-electron chi connectivity index (χ2n) is 5.75. The minimum atomic E-state index is -3.93. The third-order valence-electron chi connectivity index (χ3n) is 4.38. The monoisotopic (exact) mass is 343 g/mol. The summed E-state index contributed by atoms with van der Waals surface area (Å²) in [4.78, 5) is 28.1. The zero-order valence-electron chi connectivity index (χ0n) is 12.1. The highest BCUT2D eigenvalue weighted by molar-refractivity contribution is 7.89. The van der Waals surface area contributed by atoms with Crippen molar-refractivity contribution in [2.45, 2.75) is 23.8 Å². The molecule has 22 heavy (non-hydrogen) atoms. The lowest BCUT2D eigenvalue weighted by Gasteiger charge is -2.32. The number of nitrogens with zero attached hydrogens (tertiary/aromatic N) is 2. The van der Waals surface area contributed by atoms with E-state index in [0.717, 1.165) is 24.2 Å². The molecule has 0 spiro atoms. The number of rotatable bonds is 2. The van der Waals surface area contributed by atoms with Crippen molar-refractivity contribution >= 4 is 33.2 Å². The first kappa shape index (κ1) is 15.4. The van der Waals surface area contributed by atoms with Crippen molar-refractivity contribution in [1.29, 1.82) is 0 Å². The van der Waals surface area contributed by atoms with E-state index in [4.69, 9.17) is 5.14 Å². The molecule has 120 valence electrons. The van der Waals surface area contributed by atoms with Gasteiger partial charge in [0, 0.05) is 26.2 Å². The largest absolute Gasteiger partial charge is 0.341 e. The summed E-state index contributed by atoms with van der Waals surface area (Å²) >= 11 is 1.06. The predicted octanol–water partition coefficient (Wildman–Crippen LogP) is 0.0883. The molecular formula is C13H17N3O4S2. The van der Waals surface area contributed by atoms with Crippen LogP contribution in [0, 0.1) is 5.92 Å².